The second kappa shape index (κ2) is 25.7. The summed E-state index contributed by atoms with van der Waals surface area (Å²) in [6.07, 6.45) is 32.1. The molecule has 0 fully saturated rings. The van der Waals surface area contributed by atoms with Crippen molar-refractivity contribution in [3.05, 3.63) is 0 Å². The van der Waals surface area contributed by atoms with Crippen molar-refractivity contribution in [2.45, 2.75) is 168 Å². The first-order valence-corrected chi connectivity index (χ1v) is 14.3. The Morgan fingerprint density at radius 1 is 0.484 bits per heavy atom. The molecular formula is C29H58O2. The highest BCUT2D eigenvalue weighted by Gasteiger charge is 2.18. The predicted molar refractivity (Wildman–Crippen MR) is 138 cm³/mol. The van der Waals surface area contributed by atoms with Crippen molar-refractivity contribution in [2.75, 3.05) is 7.11 Å². The normalized spacial score (nSPS) is 12.2. The maximum Gasteiger partial charge on any atom is 0.308 e. The molecular weight excluding hydrogens is 380 g/mol. The van der Waals surface area contributed by atoms with Crippen LogP contribution in [-0.4, -0.2) is 13.1 Å². The first kappa shape index (κ1) is 30.5. The number of hydrogen-bond donors (Lipinski definition) is 0. The molecule has 0 aliphatic carbocycles. The summed E-state index contributed by atoms with van der Waals surface area (Å²) in [7, 11) is 1.55. The molecule has 1 atom stereocenters. The number of rotatable bonds is 25. The molecule has 0 aromatic rings. The van der Waals surface area contributed by atoms with Gasteiger partial charge in [0.15, 0.2) is 0 Å². The molecule has 2 nitrogen and oxygen atoms in total. The van der Waals surface area contributed by atoms with Gasteiger partial charge in [0.05, 0.1) is 13.0 Å². The minimum Gasteiger partial charge on any atom is -0.469 e. The first-order chi connectivity index (χ1) is 15.3. The lowest BCUT2D eigenvalue weighted by molar-refractivity contribution is -0.146. The Balaban J connectivity index is 3.52. The van der Waals surface area contributed by atoms with Crippen molar-refractivity contribution < 1.29 is 9.53 Å². The second-order valence-electron chi connectivity index (χ2n) is 9.87. The predicted octanol–water partition coefficient (Wildman–Crippen LogP) is 10.2. The van der Waals surface area contributed by atoms with Crippen LogP contribution < -0.4 is 0 Å². The van der Waals surface area contributed by atoms with Gasteiger partial charge in [-0.3, -0.25) is 4.79 Å². The Hall–Kier alpha value is -0.530. The van der Waals surface area contributed by atoms with Gasteiger partial charge in [0.2, 0.25) is 0 Å². The van der Waals surface area contributed by atoms with Crippen LogP contribution in [0.1, 0.15) is 168 Å². The molecule has 0 aliphatic heterocycles. The monoisotopic (exact) mass is 438 g/mol. The van der Waals surface area contributed by atoms with E-state index in [1.165, 1.54) is 141 Å². The molecule has 0 N–H and O–H groups in total. The zero-order chi connectivity index (χ0) is 22.8. The number of carbonyl (C=O) groups excluding carboxylic acids is 1. The summed E-state index contributed by atoms with van der Waals surface area (Å²) < 4.78 is 5.07. The van der Waals surface area contributed by atoms with Gasteiger partial charge < -0.3 is 4.74 Å². The zero-order valence-electron chi connectivity index (χ0n) is 21.9. The molecule has 31 heavy (non-hydrogen) atoms. The zero-order valence-corrected chi connectivity index (χ0v) is 21.9. The third-order valence-electron chi connectivity index (χ3n) is 6.85. The number of methoxy groups -OCH3 is 1. The molecule has 0 aromatic heterocycles. The Kier molecular flexibility index (Phi) is 25.3. The van der Waals surface area contributed by atoms with E-state index in [2.05, 4.69) is 13.8 Å². The fourth-order valence-electron chi connectivity index (χ4n) is 4.66. The smallest absolute Gasteiger partial charge is 0.308 e. The van der Waals surface area contributed by atoms with Gasteiger partial charge in [-0.15, -0.1) is 0 Å². The Morgan fingerprint density at radius 3 is 1.00 bits per heavy atom. The van der Waals surface area contributed by atoms with Gasteiger partial charge in [-0.2, -0.15) is 0 Å². The van der Waals surface area contributed by atoms with Crippen molar-refractivity contribution in [3.63, 3.8) is 0 Å². The van der Waals surface area contributed by atoms with Crippen LogP contribution in [0, 0.1) is 5.92 Å². The summed E-state index contributed by atoms with van der Waals surface area (Å²) in [5.74, 6) is 0.167. The highest BCUT2D eigenvalue weighted by atomic mass is 16.5. The van der Waals surface area contributed by atoms with Gasteiger partial charge in [0.1, 0.15) is 0 Å². The van der Waals surface area contributed by atoms with Crippen LogP contribution in [-0.2, 0) is 9.53 Å². The van der Waals surface area contributed by atoms with Gasteiger partial charge >= 0.3 is 5.97 Å². The number of unbranched alkanes of at least 4 members (excludes halogenated alkanes) is 20. The SMILES string of the molecule is CCCCCCCCCCCCCCCCC(CCCCCCCCCC)C(=O)OC. The van der Waals surface area contributed by atoms with Crippen molar-refractivity contribution in [1.82, 2.24) is 0 Å². The van der Waals surface area contributed by atoms with E-state index in [0.717, 1.165) is 12.8 Å². The third-order valence-corrected chi connectivity index (χ3v) is 6.85. The molecule has 1 unspecified atom stereocenters. The Labute approximate surface area is 196 Å². The van der Waals surface area contributed by atoms with E-state index in [1.807, 2.05) is 0 Å². The van der Waals surface area contributed by atoms with E-state index in [0.29, 0.717) is 0 Å². The second-order valence-corrected chi connectivity index (χ2v) is 9.87. The van der Waals surface area contributed by atoms with E-state index >= 15 is 0 Å². The molecule has 0 aliphatic rings. The minimum atomic E-state index is 0.0256. The highest BCUT2D eigenvalue weighted by Crippen LogP contribution is 2.21. The molecule has 0 radical (unpaired) electrons. The van der Waals surface area contributed by atoms with Crippen molar-refractivity contribution in [2.24, 2.45) is 5.92 Å². The maximum absolute atomic E-state index is 12.1. The van der Waals surface area contributed by atoms with E-state index in [1.54, 1.807) is 7.11 Å². The van der Waals surface area contributed by atoms with E-state index in [9.17, 15) is 4.79 Å². The van der Waals surface area contributed by atoms with Crippen molar-refractivity contribution >= 4 is 5.97 Å². The van der Waals surface area contributed by atoms with Crippen molar-refractivity contribution in [1.29, 1.82) is 0 Å². The van der Waals surface area contributed by atoms with E-state index < -0.39 is 0 Å². The lowest BCUT2D eigenvalue weighted by Gasteiger charge is -2.14. The molecule has 2 heteroatoms. The lowest BCUT2D eigenvalue weighted by Crippen LogP contribution is -2.16. The van der Waals surface area contributed by atoms with Crippen LogP contribution >= 0.6 is 0 Å². The molecule has 0 saturated heterocycles. The number of esters is 1. The van der Waals surface area contributed by atoms with Gasteiger partial charge in [0.25, 0.3) is 0 Å². The summed E-state index contributed by atoms with van der Waals surface area (Å²) in [6, 6.07) is 0. The molecule has 0 saturated carbocycles. The van der Waals surface area contributed by atoms with Crippen LogP contribution in [0.4, 0.5) is 0 Å². The average Bonchev–Trinajstić information content (AvgIpc) is 2.79. The van der Waals surface area contributed by atoms with E-state index in [4.69, 9.17) is 4.74 Å². The third kappa shape index (κ3) is 22.5. The highest BCUT2D eigenvalue weighted by molar-refractivity contribution is 5.72. The summed E-state index contributed by atoms with van der Waals surface area (Å²) in [5, 5.41) is 0. The van der Waals surface area contributed by atoms with Gasteiger partial charge in [-0.25, -0.2) is 0 Å². The summed E-state index contributed by atoms with van der Waals surface area (Å²) in [4.78, 5) is 12.1. The topological polar surface area (TPSA) is 26.3 Å². The van der Waals surface area contributed by atoms with Gasteiger partial charge in [-0.1, -0.05) is 155 Å². The van der Waals surface area contributed by atoms with Gasteiger partial charge in [0, 0.05) is 0 Å². The van der Waals surface area contributed by atoms with Gasteiger partial charge in [-0.05, 0) is 12.8 Å². The number of ether oxygens (including phenoxy) is 1. The fourth-order valence-corrected chi connectivity index (χ4v) is 4.66. The molecule has 0 rings (SSSR count). The largest absolute Gasteiger partial charge is 0.469 e. The fraction of sp³-hybridized carbons (Fsp3) is 0.966. The Morgan fingerprint density at radius 2 is 0.742 bits per heavy atom. The Bertz CT molecular complexity index is 353. The van der Waals surface area contributed by atoms with Crippen LogP contribution in [0.5, 0.6) is 0 Å². The number of hydrogen-bond acceptors (Lipinski definition) is 2. The number of carbonyl (C=O) groups is 1. The standard InChI is InChI=1S/C29H58O2/c1-4-6-8-10-12-14-15-16-17-18-19-21-23-25-27-28(29(30)31-3)26-24-22-20-13-11-9-7-5-2/h28H,4-27H2,1-3H3. The summed E-state index contributed by atoms with van der Waals surface area (Å²) in [5.41, 5.74) is 0. The molecule has 0 spiro atoms. The molecule has 0 bridgehead atoms. The average molecular weight is 439 g/mol. The molecule has 186 valence electrons. The van der Waals surface area contributed by atoms with Crippen LogP contribution in [0.2, 0.25) is 0 Å². The first-order valence-electron chi connectivity index (χ1n) is 14.3. The van der Waals surface area contributed by atoms with E-state index in [-0.39, 0.29) is 11.9 Å². The van der Waals surface area contributed by atoms with Crippen LogP contribution in [0.3, 0.4) is 0 Å². The molecule has 0 amide bonds. The van der Waals surface area contributed by atoms with Crippen LogP contribution in [0.25, 0.3) is 0 Å². The minimum absolute atomic E-state index is 0.0256. The maximum atomic E-state index is 12.1. The summed E-state index contributed by atoms with van der Waals surface area (Å²) >= 11 is 0. The van der Waals surface area contributed by atoms with Crippen molar-refractivity contribution in [3.8, 4) is 0 Å². The molecule has 0 heterocycles. The summed E-state index contributed by atoms with van der Waals surface area (Å²) in [6.45, 7) is 4.56. The quantitative estimate of drug-likeness (QED) is 0.105. The lowest BCUT2D eigenvalue weighted by atomic mass is 9.94. The molecule has 0 aromatic carbocycles. The van der Waals surface area contributed by atoms with Crippen LogP contribution in [0.15, 0.2) is 0 Å².